The van der Waals surface area contributed by atoms with E-state index in [2.05, 4.69) is 29.9 Å². The second kappa shape index (κ2) is 13.0. The van der Waals surface area contributed by atoms with Gasteiger partial charge in [0.1, 0.15) is 6.10 Å². The van der Waals surface area contributed by atoms with Crippen LogP contribution in [0.4, 0.5) is 0 Å². The number of allylic oxidation sites excluding steroid dienone is 2. The lowest BCUT2D eigenvalue weighted by Crippen LogP contribution is -2.36. The molecule has 0 fully saturated rings. The quantitative estimate of drug-likeness (QED) is 0.308. The van der Waals surface area contributed by atoms with Crippen LogP contribution in [0.5, 0.6) is 0 Å². The number of aldehydes is 1. The van der Waals surface area contributed by atoms with Gasteiger partial charge in [-0.25, -0.2) is 4.79 Å². The number of methoxy groups -OCH3 is 1. The van der Waals surface area contributed by atoms with Crippen LogP contribution in [-0.4, -0.2) is 65.6 Å². The average molecular weight is 443 g/mol. The van der Waals surface area contributed by atoms with Crippen molar-refractivity contribution in [2.24, 2.45) is 5.41 Å². The van der Waals surface area contributed by atoms with Crippen LogP contribution in [0.3, 0.4) is 0 Å². The summed E-state index contributed by atoms with van der Waals surface area (Å²) in [4.78, 5) is 32.4. The van der Waals surface area contributed by atoms with Crippen molar-refractivity contribution in [3.05, 3.63) is 35.3 Å². The molecule has 9 nitrogen and oxygen atoms in total. The van der Waals surface area contributed by atoms with E-state index in [4.69, 9.17) is 20.1 Å². The summed E-state index contributed by atoms with van der Waals surface area (Å²) in [6, 6.07) is 0. The Morgan fingerprint density at radius 2 is 1.87 bits per heavy atom. The highest BCUT2D eigenvalue weighted by atomic mass is 16.6. The summed E-state index contributed by atoms with van der Waals surface area (Å²) >= 11 is 0. The van der Waals surface area contributed by atoms with Gasteiger partial charge in [-0.15, -0.1) is 0 Å². The number of aliphatic hydroxyl groups is 3. The van der Waals surface area contributed by atoms with Gasteiger partial charge in [-0.05, 0) is 29.9 Å². The van der Waals surface area contributed by atoms with Crippen molar-refractivity contribution in [1.29, 1.82) is 0 Å². The molecule has 1 aliphatic carbocycles. The Hall–Kier alpha value is -2.49. The predicted molar refractivity (Wildman–Crippen MR) is 113 cm³/mol. The second-order valence-electron chi connectivity index (χ2n) is 7.23. The third-order valence-electron chi connectivity index (χ3n) is 4.75. The number of Topliss-reactive ketones (excluding diaryl/α,β-unsaturated/α-hetero) is 1. The monoisotopic (exact) mass is 442 g/mol. The van der Waals surface area contributed by atoms with Gasteiger partial charge in [-0.2, -0.15) is 0 Å². The van der Waals surface area contributed by atoms with Gasteiger partial charge in [0.2, 0.25) is 12.0 Å². The Balaban J connectivity index is 0.000000539. The van der Waals surface area contributed by atoms with Gasteiger partial charge in [0.05, 0.1) is 6.61 Å². The lowest BCUT2D eigenvalue weighted by Gasteiger charge is -2.35. The van der Waals surface area contributed by atoms with Crippen LogP contribution in [0.1, 0.15) is 47.5 Å². The fraction of sp³-hybridized carbons (Fsp3) is 0.591. The number of ether oxygens (including phenoxy) is 3. The Labute approximate surface area is 183 Å². The summed E-state index contributed by atoms with van der Waals surface area (Å²) in [6.07, 6.45) is -0.0626. The molecule has 3 unspecified atom stereocenters. The van der Waals surface area contributed by atoms with Crippen molar-refractivity contribution >= 4 is 18.0 Å². The molecule has 3 atom stereocenters. The molecule has 0 aromatic rings. The van der Waals surface area contributed by atoms with Crippen molar-refractivity contribution in [2.75, 3.05) is 13.7 Å². The van der Waals surface area contributed by atoms with Gasteiger partial charge in [-0.1, -0.05) is 40.3 Å². The molecule has 0 saturated carbocycles. The van der Waals surface area contributed by atoms with E-state index in [1.54, 1.807) is 13.2 Å². The first-order valence-corrected chi connectivity index (χ1v) is 9.99. The highest BCUT2D eigenvalue weighted by Gasteiger charge is 2.37. The molecule has 0 bridgehead atoms. The smallest absolute Gasteiger partial charge is 0.377 e. The minimum Gasteiger partial charge on any atom is -0.505 e. The van der Waals surface area contributed by atoms with Crippen LogP contribution in [0.15, 0.2) is 35.3 Å². The van der Waals surface area contributed by atoms with Crippen LogP contribution in [0, 0.1) is 5.41 Å². The van der Waals surface area contributed by atoms with Crippen LogP contribution in [0.25, 0.3) is 0 Å². The van der Waals surface area contributed by atoms with E-state index in [0.717, 1.165) is 17.6 Å². The fourth-order valence-electron chi connectivity index (χ4n) is 3.20. The Bertz CT molecular complexity index is 718. The summed E-state index contributed by atoms with van der Waals surface area (Å²) in [5, 5.41) is 26.7. The van der Waals surface area contributed by atoms with E-state index >= 15 is 0 Å². The van der Waals surface area contributed by atoms with Crippen molar-refractivity contribution in [1.82, 2.24) is 0 Å². The molecule has 0 aromatic heterocycles. The Kier molecular flexibility index (Phi) is 12.0. The number of carbonyl (C=O) groups excluding carboxylic acids is 3. The molecule has 176 valence electrons. The molecular weight excluding hydrogens is 408 g/mol. The highest BCUT2D eigenvalue weighted by Crippen LogP contribution is 2.40. The van der Waals surface area contributed by atoms with Gasteiger partial charge in [0, 0.05) is 13.5 Å². The first-order chi connectivity index (χ1) is 14.5. The topological polar surface area (TPSA) is 140 Å². The van der Waals surface area contributed by atoms with E-state index in [-0.39, 0.29) is 36.6 Å². The SMILES string of the molecule is C=CC1=C(C)C(=O)C(OC)CC1(C)C.CC.O=CC(O)OCCC1OC(=O)C(O)=C1O. The maximum Gasteiger partial charge on any atom is 0.377 e. The predicted octanol–water partition coefficient (Wildman–Crippen LogP) is 2.69. The first kappa shape index (κ1) is 28.5. The number of esters is 1. The van der Waals surface area contributed by atoms with Gasteiger partial charge in [0.25, 0.3) is 0 Å². The summed E-state index contributed by atoms with van der Waals surface area (Å²) in [7, 11) is 1.59. The molecule has 0 aromatic carbocycles. The molecule has 31 heavy (non-hydrogen) atoms. The largest absolute Gasteiger partial charge is 0.505 e. The minimum absolute atomic E-state index is 0.0135. The van der Waals surface area contributed by atoms with Gasteiger partial charge in [-0.3, -0.25) is 9.59 Å². The van der Waals surface area contributed by atoms with E-state index in [1.807, 2.05) is 20.8 Å². The molecule has 1 heterocycles. The Morgan fingerprint density at radius 3 is 2.29 bits per heavy atom. The number of ketones is 1. The Morgan fingerprint density at radius 1 is 1.29 bits per heavy atom. The molecule has 2 aliphatic rings. The second-order valence-corrected chi connectivity index (χ2v) is 7.23. The first-order valence-electron chi connectivity index (χ1n) is 9.99. The van der Waals surface area contributed by atoms with Crippen molar-refractivity contribution in [3.63, 3.8) is 0 Å². The molecular formula is C22H34O9. The van der Waals surface area contributed by atoms with Crippen LogP contribution in [-0.2, 0) is 28.6 Å². The van der Waals surface area contributed by atoms with Crippen LogP contribution >= 0.6 is 0 Å². The number of rotatable bonds is 7. The standard InChI is InChI=1S/C12H18O2.C8H10O7.C2H6/c1-6-9-8(2)11(13)10(14-5)7-12(9,3)4;9-3-5(10)14-2-1-4-6(11)7(12)8(13)15-4;1-2/h6,10H,1,7H2,2-5H3;3-5,10-12H,1-2H2;1-2H3. The third-order valence-corrected chi connectivity index (χ3v) is 4.75. The number of cyclic esters (lactones) is 1. The molecule has 9 heteroatoms. The van der Waals surface area contributed by atoms with Crippen LogP contribution < -0.4 is 0 Å². The minimum atomic E-state index is -1.54. The summed E-state index contributed by atoms with van der Waals surface area (Å²) in [5.74, 6) is -2.30. The zero-order chi connectivity index (χ0) is 24.4. The van der Waals surface area contributed by atoms with E-state index in [0.29, 0.717) is 0 Å². The maximum atomic E-state index is 11.8. The molecule has 0 radical (unpaired) electrons. The molecule has 0 spiro atoms. The maximum absolute atomic E-state index is 11.8. The van der Waals surface area contributed by atoms with Crippen molar-refractivity contribution < 1.29 is 43.9 Å². The summed E-state index contributed by atoms with van der Waals surface area (Å²) in [6.45, 7) is 13.8. The molecule has 2 rings (SSSR count). The van der Waals surface area contributed by atoms with Gasteiger partial charge in [0.15, 0.2) is 23.9 Å². The number of aliphatic hydroxyl groups excluding tert-OH is 3. The lowest BCUT2D eigenvalue weighted by atomic mass is 9.71. The molecule has 3 N–H and O–H groups in total. The zero-order valence-corrected chi connectivity index (χ0v) is 19.0. The number of carbonyl (C=O) groups is 3. The summed E-state index contributed by atoms with van der Waals surface area (Å²) < 4.78 is 14.3. The molecule has 1 aliphatic heterocycles. The average Bonchev–Trinajstić information content (AvgIpc) is 2.99. The van der Waals surface area contributed by atoms with Crippen molar-refractivity contribution in [3.8, 4) is 0 Å². The normalized spacial score (nSPS) is 23.2. The van der Waals surface area contributed by atoms with Gasteiger partial charge < -0.3 is 29.5 Å². The number of hydrogen-bond acceptors (Lipinski definition) is 9. The fourth-order valence-corrected chi connectivity index (χ4v) is 3.20. The molecule has 0 amide bonds. The summed E-state index contributed by atoms with van der Waals surface area (Å²) in [5.41, 5.74) is 1.83. The van der Waals surface area contributed by atoms with Crippen LogP contribution in [0.2, 0.25) is 0 Å². The highest BCUT2D eigenvalue weighted by molar-refractivity contribution is 6.00. The van der Waals surface area contributed by atoms with E-state index < -0.39 is 29.9 Å². The lowest BCUT2D eigenvalue weighted by molar-refractivity contribution is -0.148. The zero-order valence-electron chi connectivity index (χ0n) is 19.0. The van der Waals surface area contributed by atoms with Gasteiger partial charge >= 0.3 is 5.97 Å². The molecule has 0 saturated heterocycles. The van der Waals surface area contributed by atoms with E-state index in [1.165, 1.54) is 0 Å². The third kappa shape index (κ3) is 7.61. The van der Waals surface area contributed by atoms with E-state index in [9.17, 15) is 14.4 Å². The number of hydrogen-bond donors (Lipinski definition) is 3. The van der Waals surface area contributed by atoms with Crippen molar-refractivity contribution in [2.45, 2.75) is 66.0 Å².